The fourth-order valence-corrected chi connectivity index (χ4v) is 1.95. The van der Waals surface area contributed by atoms with E-state index in [1.807, 2.05) is 6.92 Å². The van der Waals surface area contributed by atoms with Crippen LogP contribution >= 0.6 is 0 Å². The summed E-state index contributed by atoms with van der Waals surface area (Å²) in [5, 5.41) is 9.74. The van der Waals surface area contributed by atoms with Crippen molar-refractivity contribution in [1.29, 1.82) is 0 Å². The van der Waals surface area contributed by atoms with Crippen molar-refractivity contribution < 1.29 is 9.90 Å². The van der Waals surface area contributed by atoms with Crippen molar-refractivity contribution >= 4 is 5.78 Å². The van der Waals surface area contributed by atoms with Gasteiger partial charge in [-0.05, 0) is 32.6 Å². The highest BCUT2D eigenvalue weighted by Gasteiger charge is 2.33. The number of Topliss-reactive ketones (excluding diaryl/α,β-unsaturated/α-hetero) is 1. The topological polar surface area (TPSA) is 40.5 Å². The molecule has 1 aliphatic heterocycles. The maximum absolute atomic E-state index is 11.5. The minimum Gasteiger partial charge on any atom is -0.390 e. The van der Waals surface area contributed by atoms with Crippen LogP contribution in [0.1, 0.15) is 32.6 Å². The van der Waals surface area contributed by atoms with Crippen molar-refractivity contribution in [1.82, 2.24) is 4.90 Å². The molecule has 80 valence electrons. The molecule has 1 saturated carbocycles. The van der Waals surface area contributed by atoms with E-state index in [0.29, 0.717) is 18.2 Å². The quantitative estimate of drug-likeness (QED) is 0.728. The fourth-order valence-electron chi connectivity index (χ4n) is 1.95. The van der Waals surface area contributed by atoms with Gasteiger partial charge in [-0.15, -0.1) is 0 Å². The van der Waals surface area contributed by atoms with E-state index in [2.05, 4.69) is 4.90 Å². The normalized spacial score (nSPS) is 27.6. The van der Waals surface area contributed by atoms with Crippen LogP contribution in [0.5, 0.6) is 0 Å². The SMILES string of the molecule is CC1(O)CCN(CC(=O)C2CC2)CC1. The third kappa shape index (κ3) is 2.55. The fraction of sp³-hybridized carbons (Fsp3) is 0.909. The lowest BCUT2D eigenvalue weighted by Crippen LogP contribution is -2.44. The van der Waals surface area contributed by atoms with Gasteiger partial charge in [0, 0.05) is 19.0 Å². The molecular weight excluding hydrogens is 178 g/mol. The summed E-state index contributed by atoms with van der Waals surface area (Å²) in [6, 6.07) is 0. The standard InChI is InChI=1S/C11H19NO2/c1-11(14)4-6-12(7-5-11)8-10(13)9-2-3-9/h9,14H,2-8H2,1H3. The van der Waals surface area contributed by atoms with Crippen molar-refractivity contribution in [2.45, 2.75) is 38.2 Å². The molecular formula is C11H19NO2. The van der Waals surface area contributed by atoms with Crippen LogP contribution in [0.25, 0.3) is 0 Å². The molecule has 3 heteroatoms. The van der Waals surface area contributed by atoms with E-state index in [1.165, 1.54) is 0 Å². The molecule has 3 nitrogen and oxygen atoms in total. The largest absolute Gasteiger partial charge is 0.390 e. The number of carbonyl (C=O) groups is 1. The number of piperidine rings is 1. The summed E-state index contributed by atoms with van der Waals surface area (Å²) in [5.41, 5.74) is -0.501. The highest BCUT2D eigenvalue weighted by atomic mass is 16.3. The lowest BCUT2D eigenvalue weighted by atomic mass is 9.94. The van der Waals surface area contributed by atoms with E-state index in [9.17, 15) is 9.90 Å². The summed E-state index contributed by atoms with van der Waals surface area (Å²) in [6.45, 7) is 4.23. The van der Waals surface area contributed by atoms with Gasteiger partial charge in [-0.1, -0.05) is 0 Å². The number of hydrogen-bond donors (Lipinski definition) is 1. The van der Waals surface area contributed by atoms with Crippen molar-refractivity contribution in [2.24, 2.45) is 5.92 Å². The van der Waals surface area contributed by atoms with E-state index in [1.54, 1.807) is 0 Å². The lowest BCUT2D eigenvalue weighted by molar-refractivity contribution is -0.122. The van der Waals surface area contributed by atoms with Crippen molar-refractivity contribution in [3.63, 3.8) is 0 Å². The summed E-state index contributed by atoms with van der Waals surface area (Å²) < 4.78 is 0. The van der Waals surface area contributed by atoms with E-state index in [0.717, 1.165) is 38.8 Å². The molecule has 14 heavy (non-hydrogen) atoms. The number of carbonyl (C=O) groups excluding carboxylic acids is 1. The van der Waals surface area contributed by atoms with Gasteiger partial charge < -0.3 is 5.11 Å². The summed E-state index contributed by atoms with van der Waals surface area (Å²) >= 11 is 0. The number of likely N-dealkylation sites (tertiary alicyclic amines) is 1. The molecule has 1 aliphatic carbocycles. The third-order valence-corrected chi connectivity index (χ3v) is 3.35. The molecule has 0 atom stereocenters. The van der Waals surface area contributed by atoms with E-state index >= 15 is 0 Å². The lowest BCUT2D eigenvalue weighted by Gasteiger charge is -2.35. The summed E-state index contributed by atoms with van der Waals surface area (Å²) in [5.74, 6) is 0.781. The van der Waals surface area contributed by atoms with Crippen LogP contribution in [0.15, 0.2) is 0 Å². The Morgan fingerprint density at radius 2 is 2.00 bits per heavy atom. The smallest absolute Gasteiger partial charge is 0.149 e. The van der Waals surface area contributed by atoms with Crippen molar-refractivity contribution in [3.05, 3.63) is 0 Å². The van der Waals surface area contributed by atoms with E-state index in [-0.39, 0.29) is 0 Å². The second-order valence-electron chi connectivity index (χ2n) is 5.01. The highest BCUT2D eigenvalue weighted by molar-refractivity contribution is 5.84. The Morgan fingerprint density at radius 1 is 1.43 bits per heavy atom. The molecule has 0 aromatic rings. The van der Waals surface area contributed by atoms with Gasteiger partial charge in [0.2, 0.25) is 0 Å². The Balaban J connectivity index is 1.75. The average molecular weight is 197 g/mol. The molecule has 0 unspecified atom stereocenters. The van der Waals surface area contributed by atoms with E-state index < -0.39 is 5.60 Å². The van der Waals surface area contributed by atoms with Crippen molar-refractivity contribution in [3.8, 4) is 0 Å². The minimum atomic E-state index is -0.501. The molecule has 0 bridgehead atoms. The van der Waals surface area contributed by atoms with Gasteiger partial charge in [0.1, 0.15) is 5.78 Å². The van der Waals surface area contributed by atoms with Crippen LogP contribution in [-0.4, -0.2) is 41.0 Å². The molecule has 1 heterocycles. The molecule has 0 aromatic heterocycles. The zero-order chi connectivity index (χ0) is 10.2. The van der Waals surface area contributed by atoms with Crippen LogP contribution in [0.3, 0.4) is 0 Å². The van der Waals surface area contributed by atoms with Gasteiger partial charge in [0.05, 0.1) is 12.1 Å². The molecule has 1 N–H and O–H groups in total. The molecule has 2 rings (SSSR count). The Morgan fingerprint density at radius 3 is 2.50 bits per heavy atom. The monoisotopic (exact) mass is 197 g/mol. The van der Waals surface area contributed by atoms with Crippen LogP contribution in [0, 0.1) is 5.92 Å². The number of rotatable bonds is 3. The average Bonchev–Trinajstić information content (AvgIpc) is 2.91. The third-order valence-electron chi connectivity index (χ3n) is 3.35. The number of hydrogen-bond acceptors (Lipinski definition) is 3. The predicted molar refractivity (Wildman–Crippen MR) is 54.0 cm³/mol. The first kappa shape index (κ1) is 10.1. The maximum Gasteiger partial charge on any atom is 0.149 e. The number of nitrogens with zero attached hydrogens (tertiary/aromatic N) is 1. The summed E-state index contributed by atoms with van der Waals surface area (Å²) in [6.07, 6.45) is 3.80. The van der Waals surface area contributed by atoms with Crippen LogP contribution < -0.4 is 0 Å². The van der Waals surface area contributed by atoms with Gasteiger partial charge in [0.15, 0.2) is 0 Å². The van der Waals surface area contributed by atoms with Crippen LogP contribution in [0.4, 0.5) is 0 Å². The second-order valence-corrected chi connectivity index (χ2v) is 5.01. The zero-order valence-corrected chi connectivity index (χ0v) is 8.83. The molecule has 1 saturated heterocycles. The first-order valence-corrected chi connectivity index (χ1v) is 5.54. The summed E-state index contributed by atoms with van der Waals surface area (Å²) in [7, 11) is 0. The van der Waals surface area contributed by atoms with Crippen molar-refractivity contribution in [2.75, 3.05) is 19.6 Å². The first-order chi connectivity index (χ1) is 6.57. The summed E-state index contributed by atoms with van der Waals surface area (Å²) in [4.78, 5) is 13.7. The molecule has 0 spiro atoms. The highest BCUT2D eigenvalue weighted by Crippen LogP contribution is 2.30. The van der Waals surface area contributed by atoms with Gasteiger partial charge in [0.25, 0.3) is 0 Å². The second kappa shape index (κ2) is 3.63. The van der Waals surface area contributed by atoms with E-state index in [4.69, 9.17) is 0 Å². The predicted octanol–water partition coefficient (Wildman–Crippen LogP) is 0.812. The Bertz CT molecular complexity index is 223. The van der Waals surface area contributed by atoms with Crippen LogP contribution in [0.2, 0.25) is 0 Å². The number of ketones is 1. The first-order valence-electron chi connectivity index (χ1n) is 5.54. The van der Waals surface area contributed by atoms with Gasteiger partial charge >= 0.3 is 0 Å². The Hall–Kier alpha value is -0.410. The molecule has 0 amide bonds. The van der Waals surface area contributed by atoms with Crippen LogP contribution in [-0.2, 0) is 4.79 Å². The molecule has 2 aliphatic rings. The van der Waals surface area contributed by atoms with Gasteiger partial charge in [-0.2, -0.15) is 0 Å². The molecule has 0 aromatic carbocycles. The maximum atomic E-state index is 11.5. The Kier molecular flexibility index (Phi) is 2.62. The zero-order valence-electron chi connectivity index (χ0n) is 8.83. The van der Waals surface area contributed by atoms with Gasteiger partial charge in [-0.25, -0.2) is 0 Å². The van der Waals surface area contributed by atoms with Gasteiger partial charge in [-0.3, -0.25) is 9.69 Å². The molecule has 2 fully saturated rings. The number of aliphatic hydroxyl groups is 1. The Labute approximate surface area is 85.1 Å². The minimum absolute atomic E-state index is 0.373. The molecule has 0 radical (unpaired) electrons.